The molecule has 3 aromatic rings. The highest BCUT2D eigenvalue weighted by Gasteiger charge is 2.30. The molecule has 0 aliphatic carbocycles. The third kappa shape index (κ3) is 3.75. The van der Waals surface area contributed by atoms with Crippen LogP contribution in [0.15, 0.2) is 54.9 Å². The fraction of sp³-hybridized carbons (Fsp3) is 0.190. The van der Waals surface area contributed by atoms with Crippen LogP contribution in [0.1, 0.15) is 19.4 Å². The average Bonchev–Trinajstić information content (AvgIpc) is 2.96. The van der Waals surface area contributed by atoms with Gasteiger partial charge in [-0.05, 0) is 37.6 Å². The smallest absolute Gasteiger partial charge is 0.222 e. The van der Waals surface area contributed by atoms with Gasteiger partial charge < -0.3 is 14.8 Å². The van der Waals surface area contributed by atoms with Crippen LogP contribution in [-0.4, -0.2) is 21.1 Å². The average molecular weight is 377 g/mol. The molecule has 0 amide bonds. The molecule has 1 N–H and O–H groups in total. The second-order valence-corrected chi connectivity index (χ2v) is 7.20. The van der Waals surface area contributed by atoms with E-state index in [4.69, 9.17) is 21.7 Å². The number of hydrogen-bond acceptors (Lipinski definition) is 5. The van der Waals surface area contributed by atoms with Gasteiger partial charge in [-0.25, -0.2) is 9.97 Å². The first kappa shape index (κ1) is 17.4. The van der Waals surface area contributed by atoms with Gasteiger partial charge in [0.15, 0.2) is 5.75 Å². The number of benzene rings is 2. The molecule has 6 heteroatoms. The first-order chi connectivity index (χ1) is 13.0. The minimum Gasteiger partial charge on any atom is -0.487 e. The summed E-state index contributed by atoms with van der Waals surface area (Å²) in [6.07, 6.45) is 2.41. The molecular weight excluding hydrogens is 358 g/mol. The van der Waals surface area contributed by atoms with Crippen LogP contribution in [0.2, 0.25) is 0 Å². The van der Waals surface area contributed by atoms with E-state index in [1.807, 2.05) is 36.4 Å². The summed E-state index contributed by atoms with van der Waals surface area (Å²) in [5, 5.41) is 2.98. The Balaban J connectivity index is 1.62. The van der Waals surface area contributed by atoms with Gasteiger partial charge >= 0.3 is 0 Å². The molecule has 2 aromatic carbocycles. The summed E-state index contributed by atoms with van der Waals surface area (Å²) < 4.78 is 12.0. The minimum atomic E-state index is -0.167. The highest BCUT2D eigenvalue weighted by Crippen LogP contribution is 2.37. The fourth-order valence-corrected chi connectivity index (χ4v) is 3.28. The van der Waals surface area contributed by atoms with Gasteiger partial charge in [-0.3, -0.25) is 0 Å². The summed E-state index contributed by atoms with van der Waals surface area (Å²) in [6, 6.07) is 15.5. The molecule has 4 rings (SSSR count). The van der Waals surface area contributed by atoms with Crippen molar-refractivity contribution < 1.29 is 9.47 Å². The highest BCUT2D eigenvalue weighted by atomic mass is 32.1. The molecule has 0 spiro atoms. The third-order valence-electron chi connectivity index (χ3n) is 4.32. The van der Waals surface area contributed by atoms with Crippen molar-refractivity contribution in [2.75, 3.05) is 5.32 Å². The molecule has 136 valence electrons. The van der Waals surface area contributed by atoms with Crippen molar-refractivity contribution in [3.05, 3.63) is 60.4 Å². The van der Waals surface area contributed by atoms with Crippen LogP contribution in [0.4, 0.5) is 5.69 Å². The molecule has 0 saturated carbocycles. The number of thiocarbonyl (C=S) groups is 1. The first-order valence-electron chi connectivity index (χ1n) is 8.65. The highest BCUT2D eigenvalue weighted by molar-refractivity contribution is 7.79. The topological polar surface area (TPSA) is 56.3 Å². The Kier molecular flexibility index (Phi) is 4.49. The maximum atomic E-state index is 6.03. The Morgan fingerprint density at radius 3 is 2.85 bits per heavy atom. The van der Waals surface area contributed by atoms with Crippen LogP contribution in [-0.2, 0) is 6.42 Å². The predicted molar refractivity (Wildman–Crippen MR) is 110 cm³/mol. The lowest BCUT2D eigenvalue weighted by molar-refractivity contribution is 0.138. The normalized spacial score (nSPS) is 14.1. The van der Waals surface area contributed by atoms with Crippen molar-refractivity contribution in [2.45, 2.75) is 25.9 Å². The lowest BCUT2D eigenvalue weighted by Crippen LogP contribution is -2.24. The molecule has 0 radical (unpaired) electrons. The zero-order valence-corrected chi connectivity index (χ0v) is 15.9. The Labute approximate surface area is 163 Å². The lowest BCUT2D eigenvalue weighted by Gasteiger charge is -2.16. The monoisotopic (exact) mass is 377 g/mol. The fourth-order valence-electron chi connectivity index (χ4n) is 3.15. The lowest BCUT2D eigenvalue weighted by atomic mass is 10.0. The number of fused-ring (bicyclic) bond motifs is 1. The molecule has 5 nitrogen and oxygen atoms in total. The van der Waals surface area contributed by atoms with Gasteiger partial charge in [0.2, 0.25) is 5.88 Å². The zero-order chi connectivity index (χ0) is 18.9. The van der Waals surface area contributed by atoms with Crippen LogP contribution in [0.5, 0.6) is 17.4 Å². The van der Waals surface area contributed by atoms with E-state index in [0.29, 0.717) is 11.6 Å². The summed E-state index contributed by atoms with van der Waals surface area (Å²) >= 11 is 4.87. The van der Waals surface area contributed by atoms with Crippen LogP contribution in [0, 0.1) is 0 Å². The number of hydrogen-bond donors (Lipinski definition) is 1. The second-order valence-electron chi connectivity index (χ2n) is 6.96. The van der Waals surface area contributed by atoms with E-state index in [1.54, 1.807) is 0 Å². The summed E-state index contributed by atoms with van der Waals surface area (Å²) in [6.45, 7) is 4.18. The van der Waals surface area contributed by atoms with Crippen molar-refractivity contribution in [1.82, 2.24) is 9.97 Å². The van der Waals surface area contributed by atoms with E-state index in [-0.39, 0.29) is 5.60 Å². The number of rotatable bonds is 5. The second kappa shape index (κ2) is 6.96. The SMILES string of the molecule is CC1(C)Cc2ccc(-c3cc(Oc4ccccc4NC=S)ncn3)cc2O1. The number of aromatic nitrogens is 2. The predicted octanol–water partition coefficient (Wildman–Crippen LogP) is 5.02. The van der Waals surface area contributed by atoms with Gasteiger partial charge in [-0.2, -0.15) is 0 Å². The molecule has 0 atom stereocenters. The molecular formula is C21H19N3O2S. The quantitative estimate of drug-likeness (QED) is 0.630. The molecule has 0 unspecified atom stereocenters. The van der Waals surface area contributed by atoms with Gasteiger partial charge in [0.25, 0.3) is 0 Å². The summed E-state index contributed by atoms with van der Waals surface area (Å²) in [4.78, 5) is 8.62. The maximum Gasteiger partial charge on any atom is 0.222 e. The molecule has 2 heterocycles. The molecule has 1 aliphatic rings. The van der Waals surface area contributed by atoms with Crippen molar-refractivity contribution in [2.24, 2.45) is 0 Å². The van der Waals surface area contributed by atoms with Crippen LogP contribution in [0.25, 0.3) is 11.3 Å². The maximum absolute atomic E-state index is 6.03. The van der Waals surface area contributed by atoms with E-state index < -0.39 is 0 Å². The van der Waals surface area contributed by atoms with E-state index in [2.05, 4.69) is 41.3 Å². The van der Waals surface area contributed by atoms with E-state index >= 15 is 0 Å². The summed E-state index contributed by atoms with van der Waals surface area (Å²) in [5.41, 5.74) is 5.01. The van der Waals surface area contributed by atoms with Crippen LogP contribution >= 0.6 is 12.2 Å². The number of anilines is 1. The summed E-state index contributed by atoms with van der Waals surface area (Å²) in [7, 11) is 0. The molecule has 27 heavy (non-hydrogen) atoms. The molecule has 0 bridgehead atoms. The summed E-state index contributed by atoms with van der Waals surface area (Å²) in [5.74, 6) is 2.01. The zero-order valence-electron chi connectivity index (χ0n) is 15.1. The first-order valence-corrected chi connectivity index (χ1v) is 9.13. The Bertz CT molecular complexity index is 1000. The van der Waals surface area contributed by atoms with E-state index in [1.165, 1.54) is 17.4 Å². The van der Waals surface area contributed by atoms with Crippen molar-refractivity contribution in [3.8, 4) is 28.6 Å². The van der Waals surface area contributed by atoms with Gasteiger partial charge in [0.1, 0.15) is 17.7 Å². The van der Waals surface area contributed by atoms with Gasteiger partial charge in [-0.1, -0.05) is 36.5 Å². The number of para-hydroxylation sites is 2. The van der Waals surface area contributed by atoms with Gasteiger partial charge in [0, 0.05) is 18.1 Å². The Morgan fingerprint density at radius 2 is 2.00 bits per heavy atom. The van der Waals surface area contributed by atoms with E-state index in [9.17, 15) is 0 Å². The standard InChI is InChI=1S/C21H19N3O2S/c1-21(2)11-15-8-7-14(9-19(15)26-21)17-10-20(23-12-22-17)25-18-6-4-3-5-16(18)24-13-27/h3-10,12-13H,11H2,1-2H3,(H,24,27). The largest absolute Gasteiger partial charge is 0.487 e. The van der Waals surface area contributed by atoms with Crippen LogP contribution in [0.3, 0.4) is 0 Å². The molecule has 0 fully saturated rings. The van der Waals surface area contributed by atoms with Crippen molar-refractivity contribution in [1.29, 1.82) is 0 Å². The van der Waals surface area contributed by atoms with E-state index in [0.717, 1.165) is 29.1 Å². The van der Waals surface area contributed by atoms with Crippen molar-refractivity contribution in [3.63, 3.8) is 0 Å². The molecule has 0 saturated heterocycles. The Hall–Kier alpha value is -2.99. The molecule has 1 aliphatic heterocycles. The van der Waals surface area contributed by atoms with Gasteiger partial charge in [0.05, 0.1) is 16.9 Å². The Morgan fingerprint density at radius 1 is 1.15 bits per heavy atom. The third-order valence-corrected chi connectivity index (χ3v) is 4.44. The number of nitrogens with one attached hydrogen (secondary N) is 1. The molecule has 1 aromatic heterocycles. The van der Waals surface area contributed by atoms with Crippen molar-refractivity contribution >= 4 is 23.4 Å². The number of nitrogens with zero attached hydrogens (tertiary/aromatic N) is 2. The van der Waals surface area contributed by atoms with Crippen LogP contribution < -0.4 is 14.8 Å². The van der Waals surface area contributed by atoms with Gasteiger partial charge in [-0.15, -0.1) is 0 Å². The minimum absolute atomic E-state index is 0.167. The number of ether oxygens (including phenoxy) is 2.